The number of anilines is 2. The highest BCUT2D eigenvalue weighted by Gasteiger charge is 2.26. The highest BCUT2D eigenvalue weighted by atomic mass is 32.2. The predicted molar refractivity (Wildman–Crippen MR) is 88.5 cm³/mol. The number of fused-ring (bicyclic) bond motifs is 2. The Labute approximate surface area is 143 Å². The number of nitrogens with one attached hydrogen (secondary N) is 2. The minimum Gasteiger partial charge on any atom is -0.479 e. The molecule has 0 saturated carbocycles. The molecular formula is C16H14N2O6S. The van der Waals surface area contributed by atoms with Crippen LogP contribution >= 0.6 is 0 Å². The third-order valence-corrected chi connectivity index (χ3v) is 5.20. The molecule has 2 N–H and O–H groups in total. The summed E-state index contributed by atoms with van der Waals surface area (Å²) >= 11 is 0. The first-order valence-corrected chi connectivity index (χ1v) is 8.95. The number of sulfonamides is 1. The van der Waals surface area contributed by atoms with Crippen LogP contribution < -0.4 is 24.2 Å². The Morgan fingerprint density at radius 3 is 2.68 bits per heavy atom. The van der Waals surface area contributed by atoms with Gasteiger partial charge >= 0.3 is 0 Å². The maximum atomic E-state index is 12.6. The average molecular weight is 362 g/mol. The molecule has 8 nitrogen and oxygen atoms in total. The summed E-state index contributed by atoms with van der Waals surface area (Å²) in [7, 11) is -3.85. The zero-order chi connectivity index (χ0) is 17.6. The summed E-state index contributed by atoms with van der Waals surface area (Å²) in [6.45, 7) is 1.72. The first kappa shape index (κ1) is 15.6. The Kier molecular flexibility index (Phi) is 3.46. The summed E-state index contributed by atoms with van der Waals surface area (Å²) in [5.74, 6) is 1.13. The van der Waals surface area contributed by atoms with Crippen LogP contribution in [-0.2, 0) is 14.8 Å². The molecule has 0 saturated heterocycles. The van der Waals surface area contributed by atoms with Gasteiger partial charge in [-0.1, -0.05) is 0 Å². The summed E-state index contributed by atoms with van der Waals surface area (Å²) < 4.78 is 43.5. The van der Waals surface area contributed by atoms with Crippen LogP contribution in [0.3, 0.4) is 0 Å². The summed E-state index contributed by atoms with van der Waals surface area (Å²) in [6.07, 6.45) is -0.623. The van der Waals surface area contributed by atoms with Crippen LogP contribution in [0.25, 0.3) is 0 Å². The molecule has 4 rings (SSSR count). The molecule has 1 amide bonds. The summed E-state index contributed by atoms with van der Waals surface area (Å²) in [6, 6.07) is 9.04. The number of carbonyl (C=O) groups is 1. The number of hydrogen-bond acceptors (Lipinski definition) is 6. The van der Waals surface area contributed by atoms with E-state index in [4.69, 9.17) is 14.2 Å². The van der Waals surface area contributed by atoms with E-state index in [-0.39, 0.29) is 17.6 Å². The molecule has 0 aliphatic carbocycles. The van der Waals surface area contributed by atoms with E-state index in [9.17, 15) is 13.2 Å². The number of rotatable bonds is 3. The SMILES string of the molecule is CC1Oc2ccc(S(=O)(=O)Nc3ccc4c(c3)OCO4)cc2NC1=O. The molecule has 2 aliphatic rings. The molecule has 0 fully saturated rings. The maximum Gasteiger partial charge on any atom is 0.265 e. The van der Waals surface area contributed by atoms with Crippen molar-refractivity contribution in [1.82, 2.24) is 0 Å². The van der Waals surface area contributed by atoms with E-state index in [1.165, 1.54) is 18.2 Å². The van der Waals surface area contributed by atoms with Crippen molar-refractivity contribution in [2.24, 2.45) is 0 Å². The maximum absolute atomic E-state index is 12.6. The largest absolute Gasteiger partial charge is 0.479 e. The monoisotopic (exact) mass is 362 g/mol. The van der Waals surface area contributed by atoms with E-state index in [1.807, 2.05) is 0 Å². The Morgan fingerprint density at radius 2 is 1.84 bits per heavy atom. The lowest BCUT2D eigenvalue weighted by Gasteiger charge is -2.23. The van der Waals surface area contributed by atoms with Gasteiger partial charge in [-0.2, -0.15) is 0 Å². The van der Waals surface area contributed by atoms with E-state index in [0.29, 0.717) is 28.6 Å². The van der Waals surface area contributed by atoms with Crippen LogP contribution in [0.4, 0.5) is 11.4 Å². The zero-order valence-electron chi connectivity index (χ0n) is 13.1. The van der Waals surface area contributed by atoms with Gasteiger partial charge in [0.15, 0.2) is 17.6 Å². The van der Waals surface area contributed by atoms with E-state index >= 15 is 0 Å². The molecule has 2 heterocycles. The third kappa shape index (κ3) is 2.82. The van der Waals surface area contributed by atoms with Gasteiger partial charge in [-0.05, 0) is 37.3 Å². The lowest BCUT2D eigenvalue weighted by molar-refractivity contribution is -0.122. The number of benzene rings is 2. The molecule has 2 aliphatic heterocycles. The van der Waals surface area contributed by atoms with E-state index in [0.717, 1.165) is 0 Å². The van der Waals surface area contributed by atoms with E-state index in [1.54, 1.807) is 25.1 Å². The Hall–Kier alpha value is -2.94. The molecule has 0 radical (unpaired) electrons. The average Bonchev–Trinajstić information content (AvgIpc) is 3.02. The molecule has 0 spiro atoms. The fourth-order valence-electron chi connectivity index (χ4n) is 2.53. The van der Waals surface area contributed by atoms with Gasteiger partial charge in [0.05, 0.1) is 16.3 Å². The van der Waals surface area contributed by atoms with Gasteiger partial charge in [0.25, 0.3) is 15.9 Å². The molecule has 2 aromatic rings. The van der Waals surface area contributed by atoms with Crippen molar-refractivity contribution in [3.8, 4) is 17.2 Å². The van der Waals surface area contributed by atoms with Crippen molar-refractivity contribution in [1.29, 1.82) is 0 Å². The predicted octanol–water partition coefficient (Wildman–Crippen LogP) is 1.94. The van der Waals surface area contributed by atoms with Crippen molar-refractivity contribution in [3.63, 3.8) is 0 Å². The van der Waals surface area contributed by atoms with Gasteiger partial charge in [-0.3, -0.25) is 9.52 Å². The number of carbonyl (C=O) groups excluding carboxylic acids is 1. The van der Waals surface area contributed by atoms with Gasteiger partial charge in [0.1, 0.15) is 5.75 Å². The van der Waals surface area contributed by atoms with Gasteiger partial charge in [0.2, 0.25) is 6.79 Å². The Balaban J connectivity index is 1.62. The topological polar surface area (TPSA) is 103 Å². The van der Waals surface area contributed by atoms with Crippen molar-refractivity contribution >= 4 is 27.3 Å². The first-order chi connectivity index (χ1) is 11.9. The molecule has 1 unspecified atom stereocenters. The third-order valence-electron chi connectivity index (χ3n) is 3.82. The van der Waals surface area contributed by atoms with Crippen molar-refractivity contribution < 1.29 is 27.4 Å². The second-order valence-electron chi connectivity index (χ2n) is 5.58. The fourth-order valence-corrected chi connectivity index (χ4v) is 3.60. The van der Waals surface area contributed by atoms with Crippen LogP contribution in [-0.4, -0.2) is 27.2 Å². The van der Waals surface area contributed by atoms with Crippen molar-refractivity contribution in [2.45, 2.75) is 17.9 Å². The van der Waals surface area contributed by atoms with Crippen LogP contribution in [0.5, 0.6) is 17.2 Å². The smallest absolute Gasteiger partial charge is 0.265 e. The van der Waals surface area contributed by atoms with Crippen LogP contribution in [0, 0.1) is 0 Å². The van der Waals surface area contributed by atoms with E-state index in [2.05, 4.69) is 10.0 Å². The molecule has 0 aromatic heterocycles. The quantitative estimate of drug-likeness (QED) is 0.865. The highest BCUT2D eigenvalue weighted by molar-refractivity contribution is 7.92. The lowest BCUT2D eigenvalue weighted by Crippen LogP contribution is -2.34. The van der Waals surface area contributed by atoms with Crippen LogP contribution in [0.15, 0.2) is 41.3 Å². The highest BCUT2D eigenvalue weighted by Crippen LogP contribution is 2.36. The zero-order valence-corrected chi connectivity index (χ0v) is 13.9. The second kappa shape index (κ2) is 5.55. The molecule has 25 heavy (non-hydrogen) atoms. The number of ether oxygens (including phenoxy) is 3. The number of amides is 1. The van der Waals surface area contributed by atoms with Crippen molar-refractivity contribution in [3.05, 3.63) is 36.4 Å². The number of hydrogen-bond donors (Lipinski definition) is 2. The molecule has 130 valence electrons. The summed E-state index contributed by atoms with van der Waals surface area (Å²) in [5.41, 5.74) is 0.660. The minimum absolute atomic E-state index is 0.00219. The summed E-state index contributed by atoms with van der Waals surface area (Å²) in [5, 5.41) is 2.63. The van der Waals surface area contributed by atoms with Gasteiger partial charge in [-0.15, -0.1) is 0 Å². The van der Waals surface area contributed by atoms with Gasteiger partial charge in [-0.25, -0.2) is 8.42 Å². The molecule has 1 atom stereocenters. The van der Waals surface area contributed by atoms with Crippen LogP contribution in [0.1, 0.15) is 6.92 Å². The van der Waals surface area contributed by atoms with E-state index < -0.39 is 16.1 Å². The van der Waals surface area contributed by atoms with Crippen molar-refractivity contribution in [2.75, 3.05) is 16.8 Å². The fraction of sp³-hybridized carbons (Fsp3) is 0.188. The van der Waals surface area contributed by atoms with Crippen LogP contribution in [0.2, 0.25) is 0 Å². The summed E-state index contributed by atoms with van der Waals surface area (Å²) in [4.78, 5) is 11.7. The minimum atomic E-state index is -3.85. The molecule has 2 aromatic carbocycles. The molecule has 9 heteroatoms. The lowest BCUT2D eigenvalue weighted by atomic mass is 10.2. The standard InChI is InChI=1S/C16H14N2O6S/c1-9-16(19)17-12-7-11(3-5-13(12)24-9)25(20,21)18-10-2-4-14-15(6-10)23-8-22-14/h2-7,9,18H,8H2,1H3,(H,17,19). The normalized spacial score (nSPS) is 18.1. The molecule has 0 bridgehead atoms. The first-order valence-electron chi connectivity index (χ1n) is 7.46. The Bertz CT molecular complexity index is 973. The van der Waals surface area contributed by atoms with Gasteiger partial charge < -0.3 is 19.5 Å². The second-order valence-corrected chi connectivity index (χ2v) is 7.26. The Morgan fingerprint density at radius 1 is 1.08 bits per heavy atom. The molecular weight excluding hydrogens is 348 g/mol. The van der Waals surface area contributed by atoms with Gasteiger partial charge in [0, 0.05) is 6.07 Å².